The van der Waals surface area contributed by atoms with Gasteiger partial charge in [0, 0.05) is 29.3 Å². The van der Waals surface area contributed by atoms with Gasteiger partial charge in [-0.1, -0.05) is 6.07 Å². The van der Waals surface area contributed by atoms with Crippen molar-refractivity contribution >= 4 is 28.0 Å². The summed E-state index contributed by atoms with van der Waals surface area (Å²) in [5, 5.41) is 36.3. The smallest absolute Gasteiger partial charge is 0.271 e. The van der Waals surface area contributed by atoms with Gasteiger partial charge in [0.2, 0.25) is 5.82 Å². The minimum atomic E-state index is -0.490. The summed E-state index contributed by atoms with van der Waals surface area (Å²) in [5.74, 6) is 0.301. The lowest BCUT2D eigenvalue weighted by Gasteiger charge is -2.07. The topological polar surface area (TPSA) is 159 Å². The second kappa shape index (κ2) is 7.72. The van der Waals surface area contributed by atoms with E-state index in [2.05, 4.69) is 30.6 Å². The predicted octanol–water partition coefficient (Wildman–Crippen LogP) is 3.53. The fourth-order valence-corrected chi connectivity index (χ4v) is 3.37. The van der Waals surface area contributed by atoms with Crippen molar-refractivity contribution in [3.63, 3.8) is 0 Å². The van der Waals surface area contributed by atoms with Gasteiger partial charge in [-0.05, 0) is 47.7 Å². The quantitative estimate of drug-likeness (QED) is 0.220. The Morgan fingerprint density at radius 2 is 1.94 bits per heavy atom. The number of hydrogen-bond donors (Lipinski definition) is 3. The first kappa shape index (κ1) is 19.1. The molecule has 0 aliphatic heterocycles. The number of H-pyrrole nitrogens is 2. The summed E-state index contributed by atoms with van der Waals surface area (Å²) in [4.78, 5) is 22.6. The Balaban J connectivity index is 1.66. The molecule has 0 radical (unpaired) electrons. The molecule has 0 aliphatic rings. The highest BCUT2D eigenvalue weighted by atomic mass is 16.6. The van der Waals surface area contributed by atoms with Crippen molar-refractivity contribution in [1.29, 1.82) is 0 Å². The van der Waals surface area contributed by atoms with E-state index in [0.717, 1.165) is 5.56 Å². The third-order valence-corrected chi connectivity index (χ3v) is 4.83. The fraction of sp³-hybridized carbons (Fsp3) is 0. The van der Waals surface area contributed by atoms with E-state index >= 15 is 0 Å². The summed E-state index contributed by atoms with van der Waals surface area (Å²) in [6.45, 7) is 0. The number of aliphatic imine (C=N–C) groups is 1. The maximum absolute atomic E-state index is 11.1. The Hall–Kier alpha value is -4.93. The molecule has 11 heteroatoms. The van der Waals surface area contributed by atoms with Gasteiger partial charge in [-0.15, -0.1) is 10.2 Å². The molecule has 5 aromatic rings. The van der Waals surface area contributed by atoms with E-state index in [1.807, 2.05) is 6.07 Å². The fourth-order valence-electron chi connectivity index (χ4n) is 3.37. The Kier molecular flexibility index (Phi) is 4.60. The molecule has 0 fully saturated rings. The average Bonchev–Trinajstić information content (AvgIpc) is 3.46. The standard InChI is InChI=1S/C21H14N8O3/c30-21-18(15-9-8-14(29(31)32)11-17(15)24-21)19(16-3-1-2-10-22-16)23-13-6-4-12(5-7-13)20-25-27-28-26-20/h1-11,24,30H,(H,25,26,27,28). The number of non-ortho nitro benzene ring substituents is 1. The second-order valence-corrected chi connectivity index (χ2v) is 6.79. The molecule has 0 bridgehead atoms. The van der Waals surface area contributed by atoms with Gasteiger partial charge in [0.15, 0.2) is 5.88 Å². The number of aromatic amines is 2. The molecule has 3 N–H and O–H groups in total. The summed E-state index contributed by atoms with van der Waals surface area (Å²) >= 11 is 0. The number of aromatic nitrogens is 6. The lowest BCUT2D eigenvalue weighted by Crippen LogP contribution is -2.05. The van der Waals surface area contributed by atoms with E-state index in [1.165, 1.54) is 12.1 Å². The van der Waals surface area contributed by atoms with Crippen molar-refractivity contribution in [2.75, 3.05) is 0 Å². The normalized spacial score (nSPS) is 11.7. The number of tetrazole rings is 1. The number of nitrogens with zero attached hydrogens (tertiary/aromatic N) is 6. The van der Waals surface area contributed by atoms with Crippen LogP contribution in [0.25, 0.3) is 22.3 Å². The first-order valence-corrected chi connectivity index (χ1v) is 9.43. The van der Waals surface area contributed by atoms with Gasteiger partial charge >= 0.3 is 0 Å². The minimum absolute atomic E-state index is 0.0846. The first-order valence-electron chi connectivity index (χ1n) is 9.43. The molecule has 3 aromatic heterocycles. The van der Waals surface area contributed by atoms with Gasteiger partial charge in [-0.2, -0.15) is 5.21 Å². The van der Waals surface area contributed by atoms with Crippen LogP contribution >= 0.6 is 0 Å². The number of nitrogens with one attached hydrogen (secondary N) is 2. The van der Waals surface area contributed by atoms with Crippen molar-refractivity contribution in [3.8, 4) is 17.3 Å². The lowest BCUT2D eigenvalue weighted by molar-refractivity contribution is -0.384. The van der Waals surface area contributed by atoms with Crippen molar-refractivity contribution < 1.29 is 10.0 Å². The third kappa shape index (κ3) is 3.43. The van der Waals surface area contributed by atoms with Crippen LogP contribution in [0.4, 0.5) is 11.4 Å². The molecule has 0 aliphatic carbocycles. The van der Waals surface area contributed by atoms with Crippen LogP contribution in [0.5, 0.6) is 5.88 Å². The average molecular weight is 426 g/mol. The van der Waals surface area contributed by atoms with Gasteiger partial charge in [0.1, 0.15) is 5.71 Å². The van der Waals surface area contributed by atoms with Gasteiger partial charge in [-0.3, -0.25) is 15.1 Å². The summed E-state index contributed by atoms with van der Waals surface area (Å²) in [6, 6.07) is 16.9. The second-order valence-electron chi connectivity index (χ2n) is 6.79. The molecule has 0 amide bonds. The van der Waals surface area contributed by atoms with Crippen LogP contribution in [0.1, 0.15) is 11.3 Å². The van der Waals surface area contributed by atoms with Crippen LogP contribution in [-0.2, 0) is 0 Å². The van der Waals surface area contributed by atoms with E-state index < -0.39 is 4.92 Å². The number of rotatable bonds is 5. The van der Waals surface area contributed by atoms with Crippen LogP contribution < -0.4 is 0 Å². The highest BCUT2D eigenvalue weighted by Gasteiger charge is 2.21. The summed E-state index contributed by atoms with van der Waals surface area (Å²) in [5.41, 5.74) is 3.05. The zero-order valence-corrected chi connectivity index (χ0v) is 16.3. The molecule has 2 aromatic carbocycles. The number of pyridine rings is 1. The van der Waals surface area contributed by atoms with Crippen LogP contribution in [-0.4, -0.2) is 46.3 Å². The number of hydrogen-bond acceptors (Lipinski definition) is 8. The zero-order valence-electron chi connectivity index (χ0n) is 16.3. The maximum Gasteiger partial charge on any atom is 0.271 e. The Morgan fingerprint density at radius 3 is 2.62 bits per heavy atom. The van der Waals surface area contributed by atoms with E-state index in [4.69, 9.17) is 4.99 Å². The molecule has 0 unspecified atom stereocenters. The van der Waals surface area contributed by atoms with Gasteiger partial charge in [0.05, 0.1) is 27.4 Å². The Labute approximate surface area is 179 Å². The van der Waals surface area contributed by atoms with Crippen LogP contribution in [0.3, 0.4) is 0 Å². The molecule has 0 saturated heterocycles. The van der Waals surface area contributed by atoms with E-state index in [0.29, 0.717) is 39.4 Å². The van der Waals surface area contributed by atoms with Gasteiger partial charge < -0.3 is 10.1 Å². The molecule has 0 atom stereocenters. The number of nitro benzene ring substituents is 1. The molecular weight excluding hydrogens is 412 g/mol. The van der Waals surface area contributed by atoms with Crippen molar-refractivity contribution in [3.05, 3.63) is 88.2 Å². The molecule has 156 valence electrons. The zero-order chi connectivity index (χ0) is 22.1. The number of nitro groups is 1. The van der Waals surface area contributed by atoms with Crippen molar-refractivity contribution in [2.45, 2.75) is 0 Å². The highest BCUT2D eigenvalue weighted by Crippen LogP contribution is 2.33. The van der Waals surface area contributed by atoms with E-state index in [9.17, 15) is 15.2 Å². The molecule has 11 nitrogen and oxygen atoms in total. The van der Waals surface area contributed by atoms with Gasteiger partial charge in [-0.25, -0.2) is 4.99 Å². The number of fused-ring (bicyclic) bond motifs is 1. The van der Waals surface area contributed by atoms with E-state index in [-0.39, 0.29) is 11.6 Å². The minimum Gasteiger partial charge on any atom is -0.494 e. The Morgan fingerprint density at radius 1 is 1.09 bits per heavy atom. The van der Waals surface area contributed by atoms with Crippen LogP contribution in [0.15, 0.2) is 71.9 Å². The SMILES string of the molecule is O=[N+]([O-])c1ccc2c(C(=Nc3ccc(-c4nn[nH]n4)cc3)c3ccccn3)c(O)[nH]c2c1. The molecular formula is C21H14N8O3. The van der Waals surface area contributed by atoms with Crippen molar-refractivity contribution in [1.82, 2.24) is 30.6 Å². The Bertz CT molecular complexity index is 1440. The summed E-state index contributed by atoms with van der Waals surface area (Å²) < 4.78 is 0. The first-order chi connectivity index (χ1) is 15.6. The van der Waals surface area contributed by atoms with Gasteiger partial charge in [0.25, 0.3) is 5.69 Å². The highest BCUT2D eigenvalue weighted by molar-refractivity contribution is 6.21. The summed E-state index contributed by atoms with van der Waals surface area (Å²) in [6.07, 6.45) is 1.63. The predicted molar refractivity (Wildman–Crippen MR) is 116 cm³/mol. The maximum atomic E-state index is 11.1. The molecule has 0 saturated carbocycles. The van der Waals surface area contributed by atoms with E-state index in [1.54, 1.807) is 48.7 Å². The molecule has 5 rings (SSSR count). The lowest BCUT2D eigenvalue weighted by atomic mass is 10.0. The molecule has 32 heavy (non-hydrogen) atoms. The molecule has 0 spiro atoms. The number of aromatic hydroxyl groups is 1. The summed E-state index contributed by atoms with van der Waals surface area (Å²) in [7, 11) is 0. The number of benzene rings is 2. The third-order valence-electron chi connectivity index (χ3n) is 4.83. The molecule has 3 heterocycles. The largest absolute Gasteiger partial charge is 0.494 e. The van der Waals surface area contributed by atoms with Crippen LogP contribution in [0, 0.1) is 10.1 Å². The monoisotopic (exact) mass is 426 g/mol. The van der Waals surface area contributed by atoms with Crippen molar-refractivity contribution in [2.24, 2.45) is 4.99 Å². The van der Waals surface area contributed by atoms with Crippen LogP contribution in [0.2, 0.25) is 0 Å².